The molecule has 1 amide bonds. The minimum Gasteiger partial charge on any atom is -0.444 e. The molecule has 0 aromatic rings. The lowest BCUT2D eigenvalue weighted by Crippen LogP contribution is -2.46. The van der Waals surface area contributed by atoms with Gasteiger partial charge in [-0.3, -0.25) is 9.89 Å². The number of amides is 1. The first kappa shape index (κ1) is 26.2. The quantitative estimate of drug-likeness (QED) is 0.214. The van der Waals surface area contributed by atoms with E-state index in [1.54, 1.807) is 7.05 Å². The van der Waals surface area contributed by atoms with Gasteiger partial charge >= 0.3 is 6.09 Å². The molecule has 2 unspecified atom stereocenters. The van der Waals surface area contributed by atoms with E-state index >= 15 is 0 Å². The van der Waals surface area contributed by atoms with Gasteiger partial charge < -0.3 is 25.4 Å². The van der Waals surface area contributed by atoms with Crippen molar-refractivity contribution in [2.24, 2.45) is 4.99 Å². The molecule has 1 rings (SSSR count). The second-order valence-electron chi connectivity index (χ2n) is 7.72. The van der Waals surface area contributed by atoms with Gasteiger partial charge in [0.1, 0.15) is 5.60 Å². The Morgan fingerprint density at radius 3 is 2.22 bits per heavy atom. The Bertz CT molecular complexity index is 447. The van der Waals surface area contributed by atoms with Crippen molar-refractivity contribution in [3.63, 3.8) is 0 Å². The van der Waals surface area contributed by atoms with Gasteiger partial charge in [-0.05, 0) is 41.0 Å². The van der Waals surface area contributed by atoms with Crippen LogP contribution in [-0.4, -0.2) is 81.1 Å². The standard InChI is InChI=1S/C18H37N5O3.HI/c1-14-12-23(13-15(2)25-14)11-7-8-20-16(19-6)21-9-10-22-17(24)26-18(3,4)5;/h14-15H,7-13H2,1-6H3,(H,22,24)(H2,19,20,21);1H. The van der Waals surface area contributed by atoms with Crippen LogP contribution in [0.2, 0.25) is 0 Å². The summed E-state index contributed by atoms with van der Waals surface area (Å²) in [5.41, 5.74) is -0.481. The Labute approximate surface area is 181 Å². The van der Waals surface area contributed by atoms with E-state index in [2.05, 4.69) is 39.7 Å². The van der Waals surface area contributed by atoms with Crippen LogP contribution in [0.5, 0.6) is 0 Å². The van der Waals surface area contributed by atoms with Crippen molar-refractivity contribution in [1.82, 2.24) is 20.9 Å². The van der Waals surface area contributed by atoms with Crippen LogP contribution in [0.3, 0.4) is 0 Å². The first-order chi connectivity index (χ1) is 12.2. The van der Waals surface area contributed by atoms with Crippen LogP contribution >= 0.6 is 24.0 Å². The highest BCUT2D eigenvalue weighted by Crippen LogP contribution is 2.10. The third-order valence-electron chi connectivity index (χ3n) is 3.75. The van der Waals surface area contributed by atoms with Gasteiger partial charge in [-0.2, -0.15) is 0 Å². The summed E-state index contributed by atoms with van der Waals surface area (Å²) in [7, 11) is 1.74. The fourth-order valence-corrected chi connectivity index (χ4v) is 2.86. The highest BCUT2D eigenvalue weighted by Gasteiger charge is 2.21. The van der Waals surface area contributed by atoms with E-state index in [1.807, 2.05) is 20.8 Å². The van der Waals surface area contributed by atoms with Crippen LogP contribution in [0, 0.1) is 0 Å². The van der Waals surface area contributed by atoms with Gasteiger partial charge in [0.05, 0.1) is 12.2 Å². The van der Waals surface area contributed by atoms with E-state index in [-0.39, 0.29) is 24.0 Å². The molecule has 1 aliphatic rings. The van der Waals surface area contributed by atoms with E-state index in [9.17, 15) is 4.79 Å². The summed E-state index contributed by atoms with van der Waals surface area (Å²) in [6.45, 7) is 14.7. The van der Waals surface area contributed by atoms with Crippen LogP contribution in [0.1, 0.15) is 41.0 Å². The number of guanidine groups is 1. The average molecular weight is 499 g/mol. The minimum absolute atomic E-state index is 0. The number of aliphatic imine (C=N–C) groups is 1. The summed E-state index contributed by atoms with van der Waals surface area (Å²) in [4.78, 5) is 18.2. The maximum absolute atomic E-state index is 11.6. The molecule has 8 nitrogen and oxygen atoms in total. The molecule has 0 spiro atoms. The van der Waals surface area contributed by atoms with E-state index in [4.69, 9.17) is 9.47 Å². The van der Waals surface area contributed by atoms with Gasteiger partial charge in [-0.25, -0.2) is 4.79 Å². The molecule has 0 aliphatic carbocycles. The number of carbonyl (C=O) groups excluding carboxylic acids is 1. The second kappa shape index (κ2) is 13.4. The van der Waals surface area contributed by atoms with Gasteiger partial charge in [0.15, 0.2) is 5.96 Å². The van der Waals surface area contributed by atoms with Gasteiger partial charge in [-0.1, -0.05) is 0 Å². The lowest BCUT2D eigenvalue weighted by Gasteiger charge is -2.35. The molecular formula is C18H38IN5O3. The monoisotopic (exact) mass is 499 g/mol. The zero-order valence-electron chi connectivity index (χ0n) is 17.6. The summed E-state index contributed by atoms with van der Waals surface area (Å²) in [6.07, 6.45) is 1.24. The molecule has 0 radical (unpaired) electrons. The molecule has 3 N–H and O–H groups in total. The predicted octanol–water partition coefficient (Wildman–Crippen LogP) is 1.79. The van der Waals surface area contributed by atoms with Crippen molar-refractivity contribution >= 4 is 36.0 Å². The van der Waals surface area contributed by atoms with Crippen molar-refractivity contribution in [3.8, 4) is 0 Å². The molecule has 0 aromatic heterocycles. The summed E-state index contributed by atoms with van der Waals surface area (Å²) in [5.74, 6) is 0.736. The van der Waals surface area contributed by atoms with Crippen LogP contribution in [-0.2, 0) is 9.47 Å². The summed E-state index contributed by atoms with van der Waals surface area (Å²) < 4.78 is 10.9. The maximum Gasteiger partial charge on any atom is 0.407 e. The lowest BCUT2D eigenvalue weighted by atomic mass is 10.2. The Kier molecular flexibility index (Phi) is 13.0. The average Bonchev–Trinajstić information content (AvgIpc) is 2.50. The van der Waals surface area contributed by atoms with Crippen LogP contribution in [0.15, 0.2) is 4.99 Å². The van der Waals surface area contributed by atoms with Crippen LogP contribution < -0.4 is 16.0 Å². The molecule has 160 valence electrons. The number of carbonyl (C=O) groups is 1. The number of halogens is 1. The molecule has 0 bridgehead atoms. The predicted molar refractivity (Wildman–Crippen MR) is 120 cm³/mol. The van der Waals surface area contributed by atoms with Gasteiger partial charge in [0, 0.05) is 46.3 Å². The number of alkyl carbamates (subject to hydrolysis) is 1. The maximum atomic E-state index is 11.6. The third kappa shape index (κ3) is 13.1. The Morgan fingerprint density at radius 1 is 1.11 bits per heavy atom. The second-order valence-corrected chi connectivity index (χ2v) is 7.72. The number of hydrogen-bond acceptors (Lipinski definition) is 5. The largest absolute Gasteiger partial charge is 0.444 e. The first-order valence-corrected chi connectivity index (χ1v) is 9.49. The van der Waals surface area contributed by atoms with Crippen molar-refractivity contribution in [2.75, 3.05) is 46.3 Å². The topological polar surface area (TPSA) is 87.2 Å². The normalized spacial score (nSPS) is 21.2. The summed E-state index contributed by atoms with van der Waals surface area (Å²) in [6, 6.07) is 0. The molecule has 1 heterocycles. The van der Waals surface area contributed by atoms with E-state index < -0.39 is 11.7 Å². The van der Waals surface area contributed by atoms with Gasteiger partial charge in [0.25, 0.3) is 0 Å². The van der Waals surface area contributed by atoms with Gasteiger partial charge in [0.2, 0.25) is 0 Å². The minimum atomic E-state index is -0.481. The zero-order chi connectivity index (χ0) is 19.6. The van der Waals surface area contributed by atoms with Crippen molar-refractivity contribution < 1.29 is 14.3 Å². The number of nitrogens with one attached hydrogen (secondary N) is 3. The van der Waals surface area contributed by atoms with Crippen LogP contribution in [0.4, 0.5) is 4.79 Å². The smallest absolute Gasteiger partial charge is 0.407 e. The first-order valence-electron chi connectivity index (χ1n) is 9.49. The number of rotatable bonds is 7. The molecule has 2 atom stereocenters. The lowest BCUT2D eigenvalue weighted by molar-refractivity contribution is -0.0679. The number of ether oxygens (including phenoxy) is 2. The highest BCUT2D eigenvalue weighted by molar-refractivity contribution is 14.0. The number of nitrogens with zero attached hydrogens (tertiary/aromatic N) is 2. The van der Waals surface area contributed by atoms with E-state index in [1.165, 1.54) is 0 Å². The fraction of sp³-hybridized carbons (Fsp3) is 0.889. The molecule has 27 heavy (non-hydrogen) atoms. The summed E-state index contributed by atoms with van der Waals surface area (Å²) >= 11 is 0. The molecule has 1 aliphatic heterocycles. The Morgan fingerprint density at radius 2 is 1.67 bits per heavy atom. The highest BCUT2D eigenvalue weighted by atomic mass is 127. The fourth-order valence-electron chi connectivity index (χ4n) is 2.86. The van der Waals surface area contributed by atoms with E-state index in [0.717, 1.165) is 38.6 Å². The SMILES string of the molecule is CN=C(NCCCN1CC(C)OC(C)C1)NCCNC(=O)OC(C)(C)C.I. The summed E-state index contributed by atoms with van der Waals surface area (Å²) in [5, 5.41) is 9.18. The number of hydrogen-bond donors (Lipinski definition) is 3. The van der Waals surface area contributed by atoms with Gasteiger partial charge in [-0.15, -0.1) is 24.0 Å². The molecule has 1 fully saturated rings. The molecule has 1 saturated heterocycles. The third-order valence-corrected chi connectivity index (χ3v) is 3.75. The molecule has 0 aromatic carbocycles. The molecule has 9 heteroatoms. The Hall–Kier alpha value is -0.810. The molecular weight excluding hydrogens is 461 g/mol. The van der Waals surface area contributed by atoms with Crippen molar-refractivity contribution in [3.05, 3.63) is 0 Å². The van der Waals surface area contributed by atoms with E-state index in [0.29, 0.717) is 25.3 Å². The van der Waals surface area contributed by atoms with Crippen molar-refractivity contribution in [2.45, 2.75) is 58.8 Å². The number of morpholine rings is 1. The zero-order valence-corrected chi connectivity index (χ0v) is 20.0. The molecule has 0 saturated carbocycles. The van der Waals surface area contributed by atoms with Crippen LogP contribution in [0.25, 0.3) is 0 Å². The Balaban J connectivity index is 0.00000676. The van der Waals surface area contributed by atoms with Crippen molar-refractivity contribution in [1.29, 1.82) is 0 Å².